The van der Waals surface area contributed by atoms with Gasteiger partial charge in [-0.25, -0.2) is 0 Å². The molecule has 1 heterocycles. The van der Waals surface area contributed by atoms with Crippen molar-refractivity contribution in [3.05, 3.63) is 57.2 Å². The summed E-state index contributed by atoms with van der Waals surface area (Å²) in [6.45, 7) is 0. The van der Waals surface area contributed by atoms with Crippen LogP contribution in [0.2, 0.25) is 5.02 Å². The van der Waals surface area contributed by atoms with Crippen LogP contribution in [-0.2, 0) is 6.42 Å². The van der Waals surface area contributed by atoms with Gasteiger partial charge in [0, 0.05) is 5.02 Å². The molecule has 0 nitrogen and oxygen atoms in total. The van der Waals surface area contributed by atoms with Crippen LogP contribution in [0.15, 0.2) is 41.1 Å². The first-order chi connectivity index (χ1) is 7.25. The van der Waals surface area contributed by atoms with Gasteiger partial charge in [0.1, 0.15) is 0 Å². The number of hydrogen-bond donors (Lipinski definition) is 0. The molecule has 1 atom stereocenters. The summed E-state index contributed by atoms with van der Waals surface area (Å²) in [7, 11) is 0. The summed E-state index contributed by atoms with van der Waals surface area (Å²) in [4.78, 5) is 0. The number of rotatable bonds is 3. The van der Waals surface area contributed by atoms with Crippen LogP contribution in [-0.4, -0.2) is 0 Å². The lowest BCUT2D eigenvalue weighted by Gasteiger charge is -2.08. The molecule has 1 aromatic heterocycles. The highest BCUT2D eigenvalue weighted by molar-refractivity contribution is 7.07. The minimum atomic E-state index is 0.0249. The van der Waals surface area contributed by atoms with E-state index in [2.05, 4.69) is 16.8 Å². The quantitative estimate of drug-likeness (QED) is 0.684. The van der Waals surface area contributed by atoms with Gasteiger partial charge in [-0.1, -0.05) is 23.7 Å². The van der Waals surface area contributed by atoms with Crippen LogP contribution in [0.3, 0.4) is 0 Å². The van der Waals surface area contributed by atoms with Crippen molar-refractivity contribution in [2.45, 2.75) is 11.8 Å². The van der Waals surface area contributed by atoms with Gasteiger partial charge in [0.25, 0.3) is 0 Å². The van der Waals surface area contributed by atoms with Crippen LogP contribution >= 0.6 is 34.5 Å². The third-order valence-electron chi connectivity index (χ3n) is 2.23. The molecule has 1 aromatic carbocycles. The largest absolute Gasteiger partial charge is 0.152 e. The fraction of sp³-hybridized carbons (Fsp3) is 0.167. The van der Waals surface area contributed by atoms with Gasteiger partial charge >= 0.3 is 0 Å². The van der Waals surface area contributed by atoms with E-state index in [1.54, 1.807) is 11.3 Å². The van der Waals surface area contributed by atoms with Crippen molar-refractivity contribution in [3.63, 3.8) is 0 Å². The average Bonchev–Trinajstić information content (AvgIpc) is 2.71. The SMILES string of the molecule is Clc1ccc(C(Cl)Cc2ccsc2)cc1. The van der Waals surface area contributed by atoms with Crippen molar-refractivity contribution in [1.82, 2.24) is 0 Å². The molecule has 0 aliphatic rings. The lowest BCUT2D eigenvalue weighted by molar-refractivity contribution is 0.925. The van der Waals surface area contributed by atoms with Crippen LogP contribution in [0.25, 0.3) is 0 Å². The Hall–Kier alpha value is -0.500. The Morgan fingerprint density at radius 3 is 2.47 bits per heavy atom. The third kappa shape index (κ3) is 2.97. The van der Waals surface area contributed by atoms with E-state index in [-0.39, 0.29) is 5.38 Å². The standard InChI is InChI=1S/C12H10Cl2S/c13-11-3-1-10(2-4-11)12(14)7-9-5-6-15-8-9/h1-6,8,12H,7H2. The average molecular weight is 257 g/mol. The molecule has 2 aromatic rings. The highest BCUT2D eigenvalue weighted by Crippen LogP contribution is 2.26. The molecule has 0 spiro atoms. The number of hydrogen-bond acceptors (Lipinski definition) is 1. The van der Waals surface area contributed by atoms with Crippen molar-refractivity contribution in [1.29, 1.82) is 0 Å². The first kappa shape index (κ1) is 11.0. The highest BCUT2D eigenvalue weighted by Gasteiger charge is 2.08. The lowest BCUT2D eigenvalue weighted by Crippen LogP contribution is -1.94. The molecule has 78 valence electrons. The second kappa shape index (κ2) is 5.02. The Kier molecular flexibility index (Phi) is 3.68. The molecule has 15 heavy (non-hydrogen) atoms. The molecule has 0 aliphatic carbocycles. The van der Waals surface area contributed by atoms with Gasteiger partial charge in [-0.05, 0) is 46.5 Å². The molecule has 2 rings (SSSR count). The van der Waals surface area contributed by atoms with Crippen molar-refractivity contribution in [2.24, 2.45) is 0 Å². The molecule has 0 bridgehead atoms. The maximum atomic E-state index is 6.31. The number of alkyl halides is 1. The highest BCUT2D eigenvalue weighted by atomic mass is 35.5. The molecule has 0 saturated carbocycles. The first-order valence-corrected chi connectivity index (χ1v) is 6.42. The van der Waals surface area contributed by atoms with E-state index in [1.165, 1.54) is 5.56 Å². The van der Waals surface area contributed by atoms with Crippen LogP contribution < -0.4 is 0 Å². The van der Waals surface area contributed by atoms with Gasteiger partial charge in [0.2, 0.25) is 0 Å². The number of benzene rings is 1. The monoisotopic (exact) mass is 256 g/mol. The summed E-state index contributed by atoms with van der Waals surface area (Å²) < 4.78 is 0. The van der Waals surface area contributed by atoms with Crippen molar-refractivity contribution < 1.29 is 0 Å². The van der Waals surface area contributed by atoms with E-state index in [0.29, 0.717) is 0 Å². The molecule has 1 unspecified atom stereocenters. The second-order valence-corrected chi connectivity index (χ2v) is 5.10. The zero-order valence-corrected chi connectivity index (χ0v) is 10.3. The third-order valence-corrected chi connectivity index (χ3v) is 3.62. The van der Waals surface area contributed by atoms with Crippen LogP contribution in [0.1, 0.15) is 16.5 Å². The van der Waals surface area contributed by atoms with Crippen LogP contribution in [0.5, 0.6) is 0 Å². The zero-order valence-electron chi connectivity index (χ0n) is 7.99. The Balaban J connectivity index is 2.08. The van der Waals surface area contributed by atoms with Gasteiger partial charge < -0.3 is 0 Å². The van der Waals surface area contributed by atoms with Crippen molar-refractivity contribution in [2.75, 3.05) is 0 Å². The summed E-state index contributed by atoms with van der Waals surface area (Å²) in [5, 5.41) is 4.97. The van der Waals surface area contributed by atoms with Gasteiger partial charge in [-0.3, -0.25) is 0 Å². The van der Waals surface area contributed by atoms with Crippen LogP contribution in [0.4, 0.5) is 0 Å². The van der Waals surface area contributed by atoms with Crippen molar-refractivity contribution >= 4 is 34.5 Å². The molecule has 3 heteroatoms. The molecule has 0 N–H and O–H groups in total. The fourth-order valence-electron chi connectivity index (χ4n) is 1.41. The zero-order chi connectivity index (χ0) is 10.7. The maximum absolute atomic E-state index is 6.31. The molecular formula is C12H10Cl2S. The van der Waals surface area contributed by atoms with Gasteiger partial charge in [-0.2, -0.15) is 11.3 Å². The Morgan fingerprint density at radius 1 is 1.13 bits per heavy atom. The van der Waals surface area contributed by atoms with E-state index in [9.17, 15) is 0 Å². The van der Waals surface area contributed by atoms with Crippen molar-refractivity contribution in [3.8, 4) is 0 Å². The predicted octanol–water partition coefficient (Wildman–Crippen LogP) is 4.92. The van der Waals surface area contributed by atoms with Gasteiger partial charge in [0.15, 0.2) is 0 Å². The number of thiophene rings is 1. The van der Waals surface area contributed by atoms with Crippen LogP contribution in [0, 0.1) is 0 Å². The summed E-state index contributed by atoms with van der Waals surface area (Å²) in [5.74, 6) is 0. The van der Waals surface area contributed by atoms with E-state index < -0.39 is 0 Å². The number of halogens is 2. The van der Waals surface area contributed by atoms with E-state index in [1.807, 2.05) is 24.3 Å². The fourth-order valence-corrected chi connectivity index (χ4v) is 2.54. The minimum Gasteiger partial charge on any atom is -0.152 e. The lowest BCUT2D eigenvalue weighted by atomic mass is 10.1. The Morgan fingerprint density at radius 2 is 1.87 bits per heavy atom. The smallest absolute Gasteiger partial charge is 0.0625 e. The van der Waals surface area contributed by atoms with E-state index >= 15 is 0 Å². The second-order valence-electron chi connectivity index (χ2n) is 3.35. The summed E-state index contributed by atoms with van der Waals surface area (Å²) >= 11 is 13.8. The molecule has 0 radical (unpaired) electrons. The van der Waals surface area contributed by atoms with Gasteiger partial charge in [-0.15, -0.1) is 11.6 Å². The van der Waals surface area contributed by atoms with E-state index in [0.717, 1.165) is 17.0 Å². The van der Waals surface area contributed by atoms with Gasteiger partial charge in [0.05, 0.1) is 5.38 Å². The predicted molar refractivity (Wildman–Crippen MR) is 68.1 cm³/mol. The summed E-state index contributed by atoms with van der Waals surface area (Å²) in [6.07, 6.45) is 0.868. The molecule has 0 amide bonds. The topological polar surface area (TPSA) is 0 Å². The molecule has 0 aliphatic heterocycles. The normalized spacial score (nSPS) is 12.7. The van der Waals surface area contributed by atoms with E-state index in [4.69, 9.17) is 23.2 Å². The first-order valence-electron chi connectivity index (χ1n) is 4.66. The molecular weight excluding hydrogens is 247 g/mol. The maximum Gasteiger partial charge on any atom is 0.0625 e. The minimum absolute atomic E-state index is 0.0249. The summed E-state index contributed by atoms with van der Waals surface area (Å²) in [5.41, 5.74) is 2.40. The Bertz CT molecular complexity index is 406. The Labute approximate surface area is 103 Å². The molecule has 0 saturated heterocycles. The molecule has 0 fully saturated rings. The summed E-state index contributed by atoms with van der Waals surface area (Å²) in [6, 6.07) is 9.81.